The van der Waals surface area contributed by atoms with Crippen LogP contribution in [0.3, 0.4) is 0 Å². The van der Waals surface area contributed by atoms with Gasteiger partial charge in [-0.05, 0) is 51.1 Å². The normalized spacial score (nSPS) is 11.4. The summed E-state index contributed by atoms with van der Waals surface area (Å²) in [6.45, 7) is 5.33. The van der Waals surface area contributed by atoms with Crippen molar-refractivity contribution in [2.75, 3.05) is 7.11 Å². The average molecular weight is 364 g/mol. The van der Waals surface area contributed by atoms with Crippen molar-refractivity contribution < 1.29 is 14.3 Å². The number of ether oxygens (including phenoxy) is 2. The van der Waals surface area contributed by atoms with Crippen molar-refractivity contribution in [3.8, 4) is 22.7 Å². The summed E-state index contributed by atoms with van der Waals surface area (Å²) >= 11 is 0. The molecule has 0 bridgehead atoms. The molecule has 0 N–H and O–H groups in total. The largest absolute Gasteiger partial charge is 0.497 e. The van der Waals surface area contributed by atoms with Gasteiger partial charge in [-0.1, -0.05) is 30.3 Å². The summed E-state index contributed by atoms with van der Waals surface area (Å²) in [4.78, 5) is 11.7. The topological polar surface area (TPSA) is 53.4 Å². The fourth-order valence-corrected chi connectivity index (χ4v) is 2.61. The zero-order chi connectivity index (χ0) is 19.4. The molecule has 0 saturated carbocycles. The third-order valence-corrected chi connectivity index (χ3v) is 4.55. The van der Waals surface area contributed by atoms with Gasteiger partial charge in [0.2, 0.25) is 0 Å². The molecule has 0 fully saturated rings. The van der Waals surface area contributed by atoms with Crippen LogP contribution in [0.1, 0.15) is 26.5 Å². The van der Waals surface area contributed by atoms with E-state index in [4.69, 9.17) is 14.6 Å². The van der Waals surface area contributed by atoms with E-state index in [1.807, 2.05) is 65.3 Å². The summed E-state index contributed by atoms with van der Waals surface area (Å²) in [5, 5.41) is 4.71. The lowest BCUT2D eigenvalue weighted by Gasteiger charge is -2.21. The first kappa shape index (κ1) is 18.9. The molecule has 0 spiro atoms. The Kier molecular flexibility index (Phi) is 5.42. The van der Waals surface area contributed by atoms with Crippen molar-refractivity contribution >= 4 is 5.78 Å². The summed E-state index contributed by atoms with van der Waals surface area (Å²) in [5.74, 6) is 0.766. The summed E-state index contributed by atoms with van der Waals surface area (Å²) < 4.78 is 13.1. The second-order valence-corrected chi connectivity index (χ2v) is 6.86. The van der Waals surface area contributed by atoms with E-state index in [9.17, 15) is 4.79 Å². The van der Waals surface area contributed by atoms with Crippen LogP contribution in [0.25, 0.3) is 16.9 Å². The van der Waals surface area contributed by atoms with Crippen molar-refractivity contribution in [2.24, 2.45) is 0 Å². The number of aromatic nitrogens is 2. The maximum Gasteiger partial charge on any atom is 0.161 e. The molecule has 0 atom stereocenters. The molecule has 5 nitrogen and oxygen atoms in total. The number of ketones is 1. The lowest BCUT2D eigenvalue weighted by Crippen LogP contribution is -2.32. The minimum absolute atomic E-state index is 0.0157. The Morgan fingerprint density at radius 1 is 1.07 bits per heavy atom. The quantitative estimate of drug-likeness (QED) is 0.622. The van der Waals surface area contributed by atoms with Gasteiger partial charge in [-0.15, -0.1) is 0 Å². The molecular weight excluding hydrogens is 340 g/mol. The summed E-state index contributed by atoms with van der Waals surface area (Å²) in [6, 6.07) is 19.8. The maximum absolute atomic E-state index is 11.7. The Labute approximate surface area is 159 Å². The molecule has 1 heterocycles. The van der Waals surface area contributed by atoms with Gasteiger partial charge in [0.15, 0.2) is 5.78 Å². The summed E-state index contributed by atoms with van der Waals surface area (Å²) in [7, 11) is 1.65. The van der Waals surface area contributed by atoms with E-state index in [1.54, 1.807) is 21.0 Å². The van der Waals surface area contributed by atoms with Gasteiger partial charge in [0, 0.05) is 5.56 Å². The predicted molar refractivity (Wildman–Crippen MR) is 105 cm³/mol. The molecule has 1 aromatic heterocycles. The molecule has 2 aromatic carbocycles. The van der Waals surface area contributed by atoms with Crippen molar-refractivity contribution in [1.82, 2.24) is 9.78 Å². The van der Waals surface area contributed by atoms with E-state index in [2.05, 4.69) is 0 Å². The Morgan fingerprint density at radius 2 is 1.81 bits per heavy atom. The number of Topliss-reactive ketones (excluding diaryl/α,β-unsaturated/α-hetero) is 1. The van der Waals surface area contributed by atoms with E-state index in [-0.39, 0.29) is 12.4 Å². The second kappa shape index (κ2) is 7.76. The van der Waals surface area contributed by atoms with Gasteiger partial charge in [0.05, 0.1) is 30.8 Å². The SMILES string of the molecule is COc1cccc(-c2cc(COC(C)(C)C(C)=O)nn2-c2ccccc2)c1. The van der Waals surface area contributed by atoms with E-state index in [0.29, 0.717) is 0 Å². The predicted octanol–water partition coefficient (Wildman–Crippen LogP) is 4.43. The fraction of sp³-hybridized carbons (Fsp3) is 0.273. The van der Waals surface area contributed by atoms with Crippen LogP contribution in [-0.4, -0.2) is 28.3 Å². The molecule has 27 heavy (non-hydrogen) atoms. The minimum Gasteiger partial charge on any atom is -0.497 e. The molecule has 140 valence electrons. The zero-order valence-electron chi connectivity index (χ0n) is 16.1. The molecule has 3 rings (SSSR count). The first-order valence-electron chi connectivity index (χ1n) is 8.84. The van der Waals surface area contributed by atoms with E-state index < -0.39 is 5.60 Å². The molecule has 0 saturated heterocycles. The molecule has 0 amide bonds. The number of carbonyl (C=O) groups excluding carboxylic acids is 1. The zero-order valence-corrected chi connectivity index (χ0v) is 16.1. The maximum atomic E-state index is 11.7. The van der Waals surface area contributed by atoms with Crippen molar-refractivity contribution in [2.45, 2.75) is 33.0 Å². The number of carbonyl (C=O) groups is 1. The highest BCUT2D eigenvalue weighted by molar-refractivity contribution is 5.83. The van der Waals surface area contributed by atoms with Crippen molar-refractivity contribution in [3.63, 3.8) is 0 Å². The number of methoxy groups -OCH3 is 1. The molecule has 0 radical (unpaired) electrons. The number of hydrogen-bond donors (Lipinski definition) is 0. The van der Waals surface area contributed by atoms with Crippen LogP contribution in [0.4, 0.5) is 0 Å². The van der Waals surface area contributed by atoms with Crippen molar-refractivity contribution in [1.29, 1.82) is 0 Å². The average Bonchev–Trinajstić information content (AvgIpc) is 3.11. The number of hydrogen-bond acceptors (Lipinski definition) is 4. The lowest BCUT2D eigenvalue weighted by molar-refractivity contribution is -0.139. The first-order valence-corrected chi connectivity index (χ1v) is 8.84. The van der Waals surface area contributed by atoms with Crippen LogP contribution in [-0.2, 0) is 16.1 Å². The van der Waals surface area contributed by atoms with Gasteiger partial charge >= 0.3 is 0 Å². The van der Waals surface area contributed by atoms with Gasteiger partial charge in [0.25, 0.3) is 0 Å². The molecule has 0 aliphatic carbocycles. The fourth-order valence-electron chi connectivity index (χ4n) is 2.61. The van der Waals surface area contributed by atoms with Crippen LogP contribution < -0.4 is 4.74 Å². The minimum atomic E-state index is -0.841. The highest BCUT2D eigenvalue weighted by Crippen LogP contribution is 2.28. The van der Waals surface area contributed by atoms with E-state index in [1.165, 1.54) is 6.92 Å². The smallest absolute Gasteiger partial charge is 0.161 e. The highest BCUT2D eigenvalue weighted by Gasteiger charge is 2.25. The third kappa shape index (κ3) is 4.26. The monoisotopic (exact) mass is 364 g/mol. The van der Waals surface area contributed by atoms with Gasteiger partial charge in [-0.3, -0.25) is 4.79 Å². The third-order valence-electron chi connectivity index (χ3n) is 4.55. The van der Waals surface area contributed by atoms with E-state index >= 15 is 0 Å². The standard InChI is InChI=1S/C22H24N2O3/c1-16(25)22(2,3)27-15-18-14-21(17-9-8-12-20(13-17)26-4)24(23-18)19-10-6-5-7-11-19/h5-14H,15H2,1-4H3. The second-order valence-electron chi connectivity index (χ2n) is 6.86. The Hall–Kier alpha value is -2.92. The molecule has 0 aliphatic heterocycles. The van der Waals surface area contributed by atoms with E-state index in [0.717, 1.165) is 28.4 Å². The van der Waals surface area contributed by atoms with Crippen LogP contribution >= 0.6 is 0 Å². The number of para-hydroxylation sites is 1. The van der Waals surface area contributed by atoms with Gasteiger partial charge in [-0.2, -0.15) is 5.10 Å². The molecule has 5 heteroatoms. The van der Waals surface area contributed by atoms with Crippen LogP contribution in [0.15, 0.2) is 60.7 Å². The van der Waals surface area contributed by atoms with Crippen LogP contribution in [0.5, 0.6) is 5.75 Å². The number of nitrogens with zero attached hydrogens (tertiary/aromatic N) is 2. The Balaban J connectivity index is 2.00. The lowest BCUT2D eigenvalue weighted by atomic mass is 10.1. The summed E-state index contributed by atoms with van der Waals surface area (Å²) in [5.41, 5.74) is 2.78. The summed E-state index contributed by atoms with van der Waals surface area (Å²) in [6.07, 6.45) is 0. The van der Waals surface area contributed by atoms with Gasteiger partial charge in [-0.25, -0.2) is 4.68 Å². The highest BCUT2D eigenvalue weighted by atomic mass is 16.5. The molecule has 0 unspecified atom stereocenters. The number of rotatable bonds is 7. The first-order chi connectivity index (χ1) is 12.9. The van der Waals surface area contributed by atoms with Crippen LogP contribution in [0.2, 0.25) is 0 Å². The van der Waals surface area contributed by atoms with Gasteiger partial charge < -0.3 is 9.47 Å². The Bertz CT molecular complexity index is 930. The molecule has 3 aromatic rings. The molecular formula is C22H24N2O3. The Morgan fingerprint density at radius 3 is 2.48 bits per heavy atom. The molecule has 0 aliphatic rings. The number of benzene rings is 2. The van der Waals surface area contributed by atoms with Crippen molar-refractivity contribution in [3.05, 3.63) is 66.4 Å². The van der Waals surface area contributed by atoms with Gasteiger partial charge in [0.1, 0.15) is 11.4 Å². The van der Waals surface area contributed by atoms with Crippen LogP contribution in [0, 0.1) is 0 Å².